The maximum Gasteiger partial charge on any atom is 0.169 e. The van der Waals surface area contributed by atoms with E-state index in [2.05, 4.69) is 24.3 Å². The van der Waals surface area contributed by atoms with Gasteiger partial charge in [-0.3, -0.25) is 4.79 Å². The minimum Gasteiger partial charge on any atom is -0.294 e. The van der Waals surface area contributed by atoms with E-state index in [1.54, 1.807) is 0 Å². The van der Waals surface area contributed by atoms with Crippen molar-refractivity contribution in [3.63, 3.8) is 0 Å². The van der Waals surface area contributed by atoms with Gasteiger partial charge in [0.15, 0.2) is 5.78 Å². The molecule has 1 saturated carbocycles. The van der Waals surface area contributed by atoms with Crippen molar-refractivity contribution in [2.24, 2.45) is 11.3 Å². The summed E-state index contributed by atoms with van der Waals surface area (Å²) in [4.78, 5) is 13.3. The first-order valence-corrected chi connectivity index (χ1v) is 8.49. The molecule has 0 saturated heterocycles. The highest BCUT2D eigenvalue weighted by Gasteiger charge is 2.53. The molecule has 1 spiro atoms. The summed E-state index contributed by atoms with van der Waals surface area (Å²) in [7, 11) is 0. The number of Topliss-reactive ketones (excluding diaryl/α,β-unsaturated/α-hetero) is 1. The molecule has 1 nitrogen and oxygen atoms in total. The summed E-state index contributed by atoms with van der Waals surface area (Å²) in [6.45, 7) is 0. The largest absolute Gasteiger partial charge is 0.294 e. The number of benzene rings is 2. The summed E-state index contributed by atoms with van der Waals surface area (Å²) >= 11 is 6.32. The van der Waals surface area contributed by atoms with Gasteiger partial charge >= 0.3 is 0 Å². The van der Waals surface area contributed by atoms with Gasteiger partial charge in [-0.2, -0.15) is 0 Å². The van der Waals surface area contributed by atoms with Gasteiger partial charge in [0.25, 0.3) is 0 Å². The normalized spacial score (nSPS) is 29.2. The zero-order chi connectivity index (χ0) is 14.9. The van der Waals surface area contributed by atoms with E-state index in [1.807, 2.05) is 12.1 Å². The van der Waals surface area contributed by atoms with Gasteiger partial charge in [0, 0.05) is 21.4 Å². The molecule has 1 fully saturated rings. The molecular formula is C20H17ClO. The van der Waals surface area contributed by atoms with Gasteiger partial charge < -0.3 is 0 Å². The van der Waals surface area contributed by atoms with Crippen LogP contribution in [0.25, 0.3) is 10.8 Å². The van der Waals surface area contributed by atoms with Crippen LogP contribution in [0, 0.1) is 11.3 Å². The summed E-state index contributed by atoms with van der Waals surface area (Å²) in [5, 5.41) is 2.93. The smallest absolute Gasteiger partial charge is 0.169 e. The standard InChI is InChI=1S/C20H17ClO/c21-18-3-1-2-13-10-17-14(9-16(13)18)6-7-20(19(17)22)11-12-4-5-15(20)8-12/h1-4,9-10,15H,5-8,11H2. The van der Waals surface area contributed by atoms with E-state index in [4.69, 9.17) is 11.6 Å². The van der Waals surface area contributed by atoms with E-state index in [0.717, 1.165) is 53.5 Å². The summed E-state index contributed by atoms with van der Waals surface area (Å²) < 4.78 is 0. The average Bonchev–Trinajstić information content (AvgIpc) is 3.12. The highest BCUT2D eigenvalue weighted by molar-refractivity contribution is 6.35. The van der Waals surface area contributed by atoms with E-state index in [0.29, 0.717) is 11.7 Å². The van der Waals surface area contributed by atoms with Crippen molar-refractivity contribution in [3.8, 4) is 0 Å². The van der Waals surface area contributed by atoms with Crippen molar-refractivity contribution in [3.05, 3.63) is 58.1 Å². The molecule has 0 amide bonds. The van der Waals surface area contributed by atoms with E-state index < -0.39 is 0 Å². The number of carbonyl (C=O) groups excluding carboxylic acids is 1. The fourth-order valence-corrected chi connectivity index (χ4v) is 5.19. The highest BCUT2D eigenvalue weighted by Crippen LogP contribution is 2.58. The quantitative estimate of drug-likeness (QED) is 0.600. The monoisotopic (exact) mass is 308 g/mol. The maximum absolute atomic E-state index is 13.3. The molecule has 0 N–H and O–H groups in total. The fraction of sp³-hybridized carbons (Fsp3) is 0.350. The number of aryl methyl sites for hydroxylation is 1. The van der Waals surface area contributed by atoms with Crippen molar-refractivity contribution in [2.45, 2.75) is 32.1 Å². The molecule has 2 aromatic carbocycles. The van der Waals surface area contributed by atoms with Gasteiger partial charge in [0.1, 0.15) is 0 Å². The van der Waals surface area contributed by atoms with Crippen LogP contribution in [0.5, 0.6) is 0 Å². The van der Waals surface area contributed by atoms with Crippen LogP contribution in [0.2, 0.25) is 5.02 Å². The SMILES string of the molecule is O=C1c2cc3cccc(Cl)c3cc2CCC12CC1=CCC2C1. The van der Waals surface area contributed by atoms with E-state index in [-0.39, 0.29) is 5.41 Å². The lowest BCUT2D eigenvalue weighted by Gasteiger charge is -2.38. The molecule has 5 rings (SSSR count). The number of fused-ring (bicyclic) bond motifs is 5. The van der Waals surface area contributed by atoms with Crippen LogP contribution in [-0.4, -0.2) is 5.78 Å². The first kappa shape index (κ1) is 12.9. The second-order valence-electron chi connectivity index (χ2n) is 7.13. The number of rotatable bonds is 0. The first-order valence-electron chi connectivity index (χ1n) is 8.11. The molecule has 0 aromatic heterocycles. The molecule has 2 aromatic rings. The second-order valence-corrected chi connectivity index (χ2v) is 7.54. The molecule has 110 valence electrons. The molecule has 0 aliphatic heterocycles. The van der Waals surface area contributed by atoms with Crippen LogP contribution in [0.15, 0.2) is 42.0 Å². The Labute approximate surface area is 135 Å². The van der Waals surface area contributed by atoms with Gasteiger partial charge in [-0.25, -0.2) is 0 Å². The number of allylic oxidation sites excluding steroid dienone is 2. The predicted molar refractivity (Wildman–Crippen MR) is 89.5 cm³/mol. The number of hydrogen-bond donors (Lipinski definition) is 0. The molecule has 0 heterocycles. The number of halogens is 1. The summed E-state index contributed by atoms with van der Waals surface area (Å²) in [5.74, 6) is 0.946. The maximum atomic E-state index is 13.3. The van der Waals surface area contributed by atoms with Crippen LogP contribution in [-0.2, 0) is 6.42 Å². The van der Waals surface area contributed by atoms with Crippen molar-refractivity contribution in [1.82, 2.24) is 0 Å². The summed E-state index contributed by atoms with van der Waals surface area (Å²) in [5.41, 5.74) is 3.57. The second kappa shape index (κ2) is 4.23. The Kier molecular flexibility index (Phi) is 2.48. The lowest BCUT2D eigenvalue weighted by Crippen LogP contribution is -2.39. The van der Waals surface area contributed by atoms with Gasteiger partial charge in [-0.15, -0.1) is 0 Å². The van der Waals surface area contributed by atoms with Crippen molar-refractivity contribution in [1.29, 1.82) is 0 Å². The Morgan fingerprint density at radius 1 is 1.23 bits per heavy atom. The third kappa shape index (κ3) is 1.53. The molecule has 3 aliphatic rings. The number of hydrogen-bond acceptors (Lipinski definition) is 1. The molecule has 2 heteroatoms. The molecular weight excluding hydrogens is 292 g/mol. The van der Waals surface area contributed by atoms with E-state index in [1.165, 1.54) is 11.1 Å². The number of carbonyl (C=O) groups is 1. The minimum absolute atomic E-state index is 0.0939. The lowest BCUT2D eigenvalue weighted by molar-refractivity contribution is 0.0671. The van der Waals surface area contributed by atoms with Crippen LogP contribution in [0.1, 0.15) is 41.6 Å². The Hall–Kier alpha value is -1.60. The minimum atomic E-state index is -0.0939. The Morgan fingerprint density at radius 3 is 2.91 bits per heavy atom. The van der Waals surface area contributed by atoms with Crippen molar-refractivity contribution in [2.75, 3.05) is 0 Å². The Balaban J connectivity index is 1.69. The summed E-state index contributed by atoms with van der Waals surface area (Å²) in [6.07, 6.45) is 7.64. The Bertz CT molecular complexity index is 863. The van der Waals surface area contributed by atoms with Crippen LogP contribution < -0.4 is 0 Å². The van der Waals surface area contributed by atoms with Gasteiger partial charge in [0.05, 0.1) is 0 Å². The van der Waals surface area contributed by atoms with Crippen LogP contribution in [0.4, 0.5) is 0 Å². The zero-order valence-electron chi connectivity index (χ0n) is 12.4. The first-order chi connectivity index (χ1) is 10.7. The molecule has 2 atom stereocenters. The van der Waals surface area contributed by atoms with Gasteiger partial charge in [-0.05, 0) is 67.2 Å². The molecule has 22 heavy (non-hydrogen) atoms. The summed E-state index contributed by atoms with van der Waals surface area (Å²) in [6, 6.07) is 10.2. The van der Waals surface area contributed by atoms with Crippen LogP contribution >= 0.6 is 11.6 Å². The Morgan fingerprint density at radius 2 is 2.14 bits per heavy atom. The molecule has 0 radical (unpaired) electrons. The third-order valence-electron chi connectivity index (χ3n) is 6.11. The lowest BCUT2D eigenvalue weighted by atomic mass is 9.63. The van der Waals surface area contributed by atoms with Crippen molar-refractivity contribution >= 4 is 28.2 Å². The molecule has 3 aliphatic carbocycles. The van der Waals surface area contributed by atoms with E-state index >= 15 is 0 Å². The predicted octanol–water partition coefficient (Wildman–Crippen LogP) is 5.35. The zero-order valence-corrected chi connectivity index (χ0v) is 13.1. The van der Waals surface area contributed by atoms with Crippen molar-refractivity contribution < 1.29 is 4.79 Å². The van der Waals surface area contributed by atoms with Gasteiger partial charge in [0.2, 0.25) is 0 Å². The fourth-order valence-electron chi connectivity index (χ4n) is 4.95. The third-order valence-corrected chi connectivity index (χ3v) is 6.44. The van der Waals surface area contributed by atoms with Crippen LogP contribution in [0.3, 0.4) is 0 Å². The molecule has 2 unspecified atom stereocenters. The highest BCUT2D eigenvalue weighted by atomic mass is 35.5. The van der Waals surface area contributed by atoms with Gasteiger partial charge in [-0.1, -0.05) is 35.4 Å². The molecule has 2 bridgehead atoms. The number of ketones is 1. The topological polar surface area (TPSA) is 17.1 Å². The van der Waals surface area contributed by atoms with E-state index in [9.17, 15) is 4.79 Å². The average molecular weight is 309 g/mol.